The van der Waals surface area contributed by atoms with E-state index < -0.39 is 5.82 Å². The van der Waals surface area contributed by atoms with Crippen LogP contribution in [0.4, 0.5) is 8.78 Å². The van der Waals surface area contributed by atoms with Crippen molar-refractivity contribution in [2.45, 2.75) is 25.7 Å². The first kappa shape index (κ1) is 23.0. The van der Waals surface area contributed by atoms with E-state index in [-0.39, 0.29) is 29.3 Å². The molecular weight excluding hydrogens is 448 g/mol. The Kier molecular flexibility index (Phi) is 8.78. The van der Waals surface area contributed by atoms with Crippen LogP contribution in [0.15, 0.2) is 41.3 Å². The van der Waals surface area contributed by atoms with Crippen LogP contribution in [0.25, 0.3) is 0 Å². The lowest BCUT2D eigenvalue weighted by Gasteiger charge is -2.11. The molecule has 0 spiro atoms. The molecule has 0 atom stereocenters. The summed E-state index contributed by atoms with van der Waals surface area (Å²) in [5.74, 6) is -0.138. The number of halogens is 3. The van der Waals surface area contributed by atoms with Crippen molar-refractivity contribution in [2.24, 2.45) is 11.8 Å². The molecule has 9 heteroatoms. The van der Waals surface area contributed by atoms with Crippen LogP contribution in [0.1, 0.15) is 36.2 Å². The molecule has 0 aromatic carbocycles. The van der Waals surface area contributed by atoms with Crippen LogP contribution in [0.5, 0.6) is 0 Å². The predicted molar refractivity (Wildman–Crippen MR) is 106 cm³/mol. The van der Waals surface area contributed by atoms with Crippen LogP contribution in [-0.2, 0) is 9.63 Å². The van der Waals surface area contributed by atoms with Crippen LogP contribution in [-0.4, -0.2) is 40.9 Å². The van der Waals surface area contributed by atoms with Crippen LogP contribution in [0, 0.1) is 23.5 Å². The summed E-state index contributed by atoms with van der Waals surface area (Å²) in [5, 5.41) is 1.29. The number of carbonyl (C=O) groups is 2. The molecule has 0 radical (unpaired) electrons. The third-order valence-electron chi connectivity index (χ3n) is 4.13. The molecule has 156 valence electrons. The SMILES string of the molecule is CON(C)C(=O)C1CC1.Fc1ccc(Br)nc1.O=C(c1ccc(F)cn1)C1CC1. The highest BCUT2D eigenvalue weighted by molar-refractivity contribution is 9.10. The van der Waals surface area contributed by atoms with Gasteiger partial charge in [-0.05, 0) is 65.9 Å². The molecule has 2 fully saturated rings. The van der Waals surface area contributed by atoms with Crippen molar-refractivity contribution < 1.29 is 23.2 Å². The van der Waals surface area contributed by atoms with Crippen molar-refractivity contribution in [3.63, 3.8) is 0 Å². The number of pyridine rings is 2. The fourth-order valence-electron chi connectivity index (χ4n) is 2.11. The van der Waals surface area contributed by atoms with E-state index in [2.05, 4.69) is 25.9 Å². The van der Waals surface area contributed by atoms with Gasteiger partial charge in [-0.25, -0.2) is 18.8 Å². The second-order valence-corrected chi connectivity index (χ2v) is 7.40. The second kappa shape index (κ2) is 11.1. The smallest absolute Gasteiger partial charge is 0.248 e. The van der Waals surface area contributed by atoms with E-state index in [1.165, 1.54) is 30.4 Å². The van der Waals surface area contributed by atoms with Crippen LogP contribution < -0.4 is 0 Å². The van der Waals surface area contributed by atoms with Crippen molar-refractivity contribution in [2.75, 3.05) is 14.2 Å². The molecule has 2 aliphatic carbocycles. The molecule has 0 N–H and O–H groups in total. The summed E-state index contributed by atoms with van der Waals surface area (Å²) in [6.07, 6.45) is 6.22. The molecule has 4 rings (SSSR count). The Morgan fingerprint density at radius 2 is 1.55 bits per heavy atom. The van der Waals surface area contributed by atoms with Crippen LogP contribution in [0.2, 0.25) is 0 Å². The van der Waals surface area contributed by atoms with Gasteiger partial charge in [-0.15, -0.1) is 0 Å². The van der Waals surface area contributed by atoms with Crippen LogP contribution in [0.3, 0.4) is 0 Å². The first-order chi connectivity index (χ1) is 13.8. The number of ketones is 1. The van der Waals surface area contributed by atoms with Gasteiger partial charge in [0.05, 0.1) is 19.5 Å². The van der Waals surface area contributed by atoms with Gasteiger partial charge in [0.1, 0.15) is 21.9 Å². The van der Waals surface area contributed by atoms with Gasteiger partial charge in [0.15, 0.2) is 5.78 Å². The average molecular weight is 470 g/mol. The topological polar surface area (TPSA) is 72.4 Å². The van der Waals surface area contributed by atoms with Crippen molar-refractivity contribution >= 4 is 27.6 Å². The number of nitrogens with zero attached hydrogens (tertiary/aromatic N) is 3. The summed E-state index contributed by atoms with van der Waals surface area (Å²) in [7, 11) is 3.14. The van der Waals surface area contributed by atoms with E-state index in [4.69, 9.17) is 4.84 Å². The molecule has 6 nitrogen and oxygen atoms in total. The Morgan fingerprint density at radius 3 is 1.93 bits per heavy atom. The van der Waals surface area contributed by atoms with E-state index in [9.17, 15) is 18.4 Å². The van der Waals surface area contributed by atoms with Gasteiger partial charge >= 0.3 is 0 Å². The Morgan fingerprint density at radius 1 is 1.00 bits per heavy atom. The third-order valence-corrected chi connectivity index (χ3v) is 4.60. The fourth-order valence-corrected chi connectivity index (χ4v) is 2.35. The third kappa shape index (κ3) is 8.33. The van der Waals surface area contributed by atoms with Gasteiger partial charge in [0.25, 0.3) is 0 Å². The first-order valence-corrected chi connectivity index (χ1v) is 9.85. The van der Waals surface area contributed by atoms with Crippen molar-refractivity contribution in [3.8, 4) is 0 Å². The summed E-state index contributed by atoms with van der Waals surface area (Å²) in [6.45, 7) is 0. The molecule has 2 saturated carbocycles. The van der Waals surface area contributed by atoms with E-state index in [0.29, 0.717) is 10.3 Å². The largest absolute Gasteiger partial charge is 0.292 e. The molecule has 0 unspecified atom stereocenters. The fraction of sp³-hybridized carbons (Fsp3) is 0.400. The highest BCUT2D eigenvalue weighted by Gasteiger charge is 2.32. The predicted octanol–water partition coefficient (Wildman–Crippen LogP) is 4.21. The number of amides is 1. The quantitative estimate of drug-likeness (QED) is 0.380. The summed E-state index contributed by atoms with van der Waals surface area (Å²) in [5.41, 5.74) is 0.388. The molecular formula is C20H22BrF2N3O3. The van der Waals surface area contributed by atoms with E-state index in [0.717, 1.165) is 38.1 Å². The Bertz CT molecular complexity index is 790. The molecule has 2 aliphatic rings. The molecule has 2 aromatic rings. The van der Waals surface area contributed by atoms with Gasteiger partial charge in [0, 0.05) is 18.9 Å². The Balaban J connectivity index is 0.000000160. The highest BCUT2D eigenvalue weighted by atomic mass is 79.9. The molecule has 29 heavy (non-hydrogen) atoms. The number of hydrogen-bond donors (Lipinski definition) is 0. The Labute approximate surface area is 176 Å². The zero-order chi connectivity index (χ0) is 21.4. The van der Waals surface area contributed by atoms with Crippen molar-refractivity contribution in [1.29, 1.82) is 0 Å². The molecule has 2 aromatic heterocycles. The van der Waals surface area contributed by atoms with E-state index in [1.54, 1.807) is 13.1 Å². The zero-order valence-corrected chi connectivity index (χ0v) is 17.7. The Hall–Kier alpha value is -2.26. The molecule has 0 bridgehead atoms. The number of hydrogen-bond acceptors (Lipinski definition) is 5. The number of Topliss-reactive ketones (excluding diaryl/α,β-unsaturated/α-hetero) is 1. The van der Waals surface area contributed by atoms with Gasteiger partial charge in [-0.3, -0.25) is 19.4 Å². The van der Waals surface area contributed by atoms with Gasteiger partial charge in [0.2, 0.25) is 5.91 Å². The number of rotatable bonds is 4. The lowest BCUT2D eigenvalue weighted by Crippen LogP contribution is -2.26. The monoisotopic (exact) mass is 469 g/mol. The highest BCUT2D eigenvalue weighted by Crippen LogP contribution is 2.32. The maximum absolute atomic E-state index is 12.4. The van der Waals surface area contributed by atoms with Crippen molar-refractivity contribution in [1.82, 2.24) is 15.0 Å². The standard InChI is InChI=1S/C9H8FNO.C6H11NO2.C5H3BrFN/c10-7-3-4-8(11-5-7)9(12)6-1-2-6;1-7(9-2)6(8)5-3-4-5;6-5-2-1-4(7)3-8-5/h3-6H,1-2H2;5H,3-4H2,1-2H3;1-3H. The number of carbonyl (C=O) groups excluding carboxylic acids is 2. The summed E-state index contributed by atoms with van der Waals surface area (Å²) >= 11 is 3.07. The van der Waals surface area contributed by atoms with Crippen LogP contribution >= 0.6 is 15.9 Å². The molecule has 1 amide bonds. The van der Waals surface area contributed by atoms with Gasteiger partial charge < -0.3 is 0 Å². The molecule has 0 aliphatic heterocycles. The van der Waals surface area contributed by atoms with Crippen molar-refractivity contribution in [3.05, 3.63) is 58.6 Å². The van der Waals surface area contributed by atoms with E-state index in [1.807, 2.05) is 0 Å². The summed E-state index contributed by atoms with van der Waals surface area (Å²) in [6, 6.07) is 5.60. The summed E-state index contributed by atoms with van der Waals surface area (Å²) < 4.78 is 25.0. The number of aromatic nitrogens is 2. The maximum Gasteiger partial charge on any atom is 0.248 e. The average Bonchev–Trinajstić information content (AvgIpc) is 3.62. The minimum absolute atomic E-state index is 0.0509. The minimum atomic E-state index is -0.401. The minimum Gasteiger partial charge on any atom is -0.292 e. The molecule has 2 heterocycles. The lowest BCUT2D eigenvalue weighted by atomic mass is 10.2. The van der Waals surface area contributed by atoms with Gasteiger partial charge in [-0.1, -0.05) is 0 Å². The normalized spacial score (nSPS) is 14.7. The zero-order valence-electron chi connectivity index (χ0n) is 16.1. The number of hydroxylamine groups is 2. The second-order valence-electron chi connectivity index (χ2n) is 6.59. The van der Waals surface area contributed by atoms with E-state index >= 15 is 0 Å². The summed E-state index contributed by atoms with van der Waals surface area (Å²) in [4.78, 5) is 34.3. The maximum atomic E-state index is 12.4. The molecule has 0 saturated heterocycles. The lowest BCUT2D eigenvalue weighted by molar-refractivity contribution is -0.170. The van der Waals surface area contributed by atoms with Gasteiger partial charge in [-0.2, -0.15) is 0 Å². The first-order valence-electron chi connectivity index (χ1n) is 9.06.